The van der Waals surface area contributed by atoms with Crippen molar-refractivity contribution in [1.82, 2.24) is 9.47 Å². The van der Waals surface area contributed by atoms with Crippen LogP contribution >= 0.6 is 12.2 Å². The maximum atomic E-state index is 15.2. The van der Waals surface area contributed by atoms with Gasteiger partial charge in [0, 0.05) is 55.7 Å². The minimum atomic E-state index is -0.219. The zero-order valence-electron chi connectivity index (χ0n) is 19.7. The van der Waals surface area contributed by atoms with Crippen molar-refractivity contribution < 1.29 is 4.39 Å². The Morgan fingerprint density at radius 1 is 1.00 bits per heavy atom. The summed E-state index contributed by atoms with van der Waals surface area (Å²) in [5.41, 5.74) is 6.10. The summed E-state index contributed by atoms with van der Waals surface area (Å²) in [6.45, 7) is 10.7. The lowest BCUT2D eigenvalue weighted by Crippen LogP contribution is -2.53. The molecule has 5 nitrogen and oxygen atoms in total. The van der Waals surface area contributed by atoms with Gasteiger partial charge in [-0.05, 0) is 62.2 Å². The summed E-state index contributed by atoms with van der Waals surface area (Å²) < 4.78 is 17.3. The van der Waals surface area contributed by atoms with Crippen LogP contribution in [0, 0.1) is 17.1 Å². The molecule has 1 saturated heterocycles. The van der Waals surface area contributed by atoms with Crippen LogP contribution in [-0.2, 0) is 6.54 Å². The van der Waals surface area contributed by atoms with E-state index in [2.05, 4.69) is 52.7 Å². The first kappa shape index (κ1) is 22.6. The standard InChI is InChI=1S/C27H28FN5S/c1-27(2,3)33-10-8-31(9-11-33)24-13-21-17-32-16-20(19-6-4-18(15-29)5-7-19)12-25(32)26(34)30-23(21)14-22(24)28/h4-7,12-14,16H,8-11,17H2,1-3H3,(H,30,34). The number of thiocarbonyl (C=S) groups is 1. The van der Waals surface area contributed by atoms with Gasteiger partial charge in [-0.2, -0.15) is 5.26 Å². The summed E-state index contributed by atoms with van der Waals surface area (Å²) in [6, 6.07) is 15.3. The highest BCUT2D eigenvalue weighted by atomic mass is 32.1. The predicted octanol–water partition coefficient (Wildman–Crippen LogP) is 5.24. The zero-order chi connectivity index (χ0) is 24.0. The van der Waals surface area contributed by atoms with Gasteiger partial charge in [-0.1, -0.05) is 24.4 Å². The average Bonchev–Trinajstić information content (AvgIpc) is 3.19. The largest absolute Gasteiger partial charge is 0.367 e. The van der Waals surface area contributed by atoms with Crippen molar-refractivity contribution in [3.63, 3.8) is 0 Å². The summed E-state index contributed by atoms with van der Waals surface area (Å²) in [7, 11) is 0. The van der Waals surface area contributed by atoms with Gasteiger partial charge in [-0.3, -0.25) is 4.90 Å². The molecular weight excluding hydrogens is 445 g/mol. The Hall–Kier alpha value is -3.21. The first-order valence-electron chi connectivity index (χ1n) is 11.6. The highest BCUT2D eigenvalue weighted by Gasteiger charge is 2.28. The number of fused-ring (bicyclic) bond motifs is 2. The van der Waals surface area contributed by atoms with E-state index in [1.165, 1.54) is 0 Å². The third-order valence-electron chi connectivity index (χ3n) is 6.81. The van der Waals surface area contributed by atoms with Crippen LogP contribution < -0.4 is 10.2 Å². The van der Waals surface area contributed by atoms with E-state index in [-0.39, 0.29) is 11.4 Å². The Morgan fingerprint density at radius 2 is 1.71 bits per heavy atom. The van der Waals surface area contributed by atoms with Crippen LogP contribution in [0.5, 0.6) is 0 Å². The number of benzene rings is 2. The third kappa shape index (κ3) is 4.20. The average molecular weight is 474 g/mol. The first-order valence-corrected chi connectivity index (χ1v) is 12.0. The van der Waals surface area contributed by atoms with Gasteiger partial charge >= 0.3 is 0 Å². The van der Waals surface area contributed by atoms with E-state index in [0.717, 1.165) is 54.3 Å². The van der Waals surface area contributed by atoms with Gasteiger partial charge in [-0.15, -0.1) is 0 Å². The second-order valence-corrected chi connectivity index (χ2v) is 10.4. The highest BCUT2D eigenvalue weighted by Crippen LogP contribution is 2.33. The Bertz CT molecular complexity index is 1290. The highest BCUT2D eigenvalue weighted by molar-refractivity contribution is 7.81. The molecule has 0 bridgehead atoms. The molecule has 0 aliphatic carbocycles. The summed E-state index contributed by atoms with van der Waals surface area (Å²) in [5, 5.41) is 12.3. The Morgan fingerprint density at radius 3 is 2.35 bits per heavy atom. The molecule has 1 fully saturated rings. The van der Waals surface area contributed by atoms with E-state index in [4.69, 9.17) is 17.5 Å². The number of nitrogens with one attached hydrogen (secondary N) is 1. The van der Waals surface area contributed by atoms with Gasteiger partial charge in [0.05, 0.1) is 23.0 Å². The Balaban J connectivity index is 1.43. The number of hydrogen-bond donors (Lipinski definition) is 1. The van der Waals surface area contributed by atoms with Crippen molar-refractivity contribution in [2.45, 2.75) is 32.9 Å². The molecule has 0 saturated carbocycles. The van der Waals surface area contributed by atoms with Gasteiger partial charge in [0.25, 0.3) is 0 Å². The SMILES string of the molecule is CC(C)(C)N1CCN(c2cc3c(cc2F)NC(=S)c2cc(-c4ccc(C#N)cc4)cn2C3)CC1. The number of halogens is 1. The van der Waals surface area contributed by atoms with Crippen LogP contribution in [0.4, 0.5) is 15.8 Å². The van der Waals surface area contributed by atoms with Crippen LogP contribution in [0.25, 0.3) is 11.1 Å². The van der Waals surface area contributed by atoms with E-state index in [1.807, 2.05) is 36.4 Å². The number of nitrogens with zero attached hydrogens (tertiary/aromatic N) is 4. The number of aromatic nitrogens is 1. The maximum absolute atomic E-state index is 15.2. The summed E-state index contributed by atoms with van der Waals surface area (Å²) in [5.74, 6) is -0.219. The Kier molecular flexibility index (Phi) is 5.67. The number of rotatable bonds is 2. The molecule has 0 spiro atoms. The van der Waals surface area contributed by atoms with E-state index >= 15 is 4.39 Å². The fraction of sp³-hybridized carbons (Fsp3) is 0.333. The third-order valence-corrected chi connectivity index (χ3v) is 7.12. The molecular formula is C27H28FN5S. The molecule has 0 radical (unpaired) electrons. The topological polar surface area (TPSA) is 47.2 Å². The first-order chi connectivity index (χ1) is 16.2. The molecule has 1 aromatic heterocycles. The normalized spacial score (nSPS) is 16.3. The van der Waals surface area contributed by atoms with Crippen molar-refractivity contribution in [3.05, 3.63) is 71.3 Å². The molecule has 0 atom stereocenters. The van der Waals surface area contributed by atoms with E-state index < -0.39 is 0 Å². The van der Waals surface area contributed by atoms with E-state index in [9.17, 15) is 0 Å². The van der Waals surface area contributed by atoms with Crippen LogP contribution in [-0.4, -0.2) is 46.2 Å². The molecule has 0 amide bonds. The zero-order valence-corrected chi connectivity index (χ0v) is 20.5. The van der Waals surface area contributed by atoms with Crippen molar-refractivity contribution in [2.75, 3.05) is 36.4 Å². The number of anilines is 2. The molecule has 2 aliphatic heterocycles. The van der Waals surface area contributed by atoms with Crippen LogP contribution in [0.15, 0.2) is 48.7 Å². The minimum absolute atomic E-state index is 0.121. The van der Waals surface area contributed by atoms with Crippen molar-refractivity contribution in [1.29, 1.82) is 5.26 Å². The van der Waals surface area contributed by atoms with Gasteiger partial charge in [0.15, 0.2) is 0 Å². The molecule has 1 N–H and O–H groups in total. The molecule has 0 unspecified atom stereocenters. The minimum Gasteiger partial charge on any atom is -0.367 e. The summed E-state index contributed by atoms with van der Waals surface area (Å²) >= 11 is 5.66. The fourth-order valence-corrected chi connectivity index (χ4v) is 5.10. The second-order valence-electron chi connectivity index (χ2n) is 9.99. The maximum Gasteiger partial charge on any atom is 0.148 e. The molecule has 7 heteroatoms. The smallest absolute Gasteiger partial charge is 0.148 e. The molecule has 2 aliphatic rings. The Labute approximate surface area is 205 Å². The van der Waals surface area contributed by atoms with Gasteiger partial charge in [0.1, 0.15) is 10.8 Å². The number of piperazine rings is 1. The van der Waals surface area contributed by atoms with Crippen LogP contribution in [0.3, 0.4) is 0 Å². The molecule has 174 valence electrons. The van der Waals surface area contributed by atoms with Gasteiger partial charge < -0.3 is 14.8 Å². The fourth-order valence-electron chi connectivity index (χ4n) is 4.81. The van der Waals surface area contributed by atoms with Crippen molar-refractivity contribution >= 4 is 28.6 Å². The molecule has 3 aromatic rings. The summed E-state index contributed by atoms with van der Waals surface area (Å²) in [6.07, 6.45) is 2.07. The van der Waals surface area contributed by atoms with Crippen molar-refractivity contribution in [2.24, 2.45) is 0 Å². The quantitative estimate of drug-likeness (QED) is 0.516. The predicted molar refractivity (Wildman–Crippen MR) is 139 cm³/mol. The molecule has 3 heterocycles. The van der Waals surface area contributed by atoms with Crippen molar-refractivity contribution in [3.8, 4) is 17.2 Å². The van der Waals surface area contributed by atoms with E-state index in [1.54, 1.807) is 6.07 Å². The number of nitriles is 1. The van der Waals surface area contributed by atoms with Gasteiger partial charge in [-0.25, -0.2) is 4.39 Å². The molecule has 5 rings (SSSR count). The van der Waals surface area contributed by atoms with E-state index in [0.29, 0.717) is 22.8 Å². The lowest BCUT2D eigenvalue weighted by atomic mass is 10.0. The molecule has 2 aromatic carbocycles. The molecule has 34 heavy (non-hydrogen) atoms. The summed E-state index contributed by atoms with van der Waals surface area (Å²) in [4.78, 5) is 5.17. The lowest BCUT2D eigenvalue weighted by molar-refractivity contribution is 0.128. The van der Waals surface area contributed by atoms with Gasteiger partial charge in [0.2, 0.25) is 0 Å². The monoisotopic (exact) mass is 473 g/mol. The van der Waals surface area contributed by atoms with Crippen LogP contribution in [0.1, 0.15) is 37.6 Å². The lowest BCUT2D eigenvalue weighted by Gasteiger charge is -2.43. The van der Waals surface area contributed by atoms with Crippen LogP contribution in [0.2, 0.25) is 0 Å². The second kappa shape index (κ2) is 8.53. The number of hydrogen-bond acceptors (Lipinski definition) is 4.